The molecule has 1 radical (unpaired) electrons. The second-order valence-corrected chi connectivity index (χ2v) is 1.64. The van der Waals surface area contributed by atoms with Gasteiger partial charge in [-0.15, -0.1) is 22.5 Å². The molecule has 0 saturated carbocycles. The van der Waals surface area contributed by atoms with E-state index in [9.17, 15) is 0 Å². The van der Waals surface area contributed by atoms with Crippen LogP contribution in [0.1, 0.15) is 0 Å². The van der Waals surface area contributed by atoms with Gasteiger partial charge in [0.15, 0.2) is 0 Å². The summed E-state index contributed by atoms with van der Waals surface area (Å²) < 4.78 is 0. The van der Waals surface area contributed by atoms with Crippen molar-refractivity contribution in [3.8, 4) is 0 Å². The van der Waals surface area contributed by atoms with Crippen LogP contribution in [0.4, 0.5) is 0 Å². The average Bonchev–Trinajstić information content (AvgIpc) is 0.918. The second-order valence-electron chi connectivity index (χ2n) is 0.183. The minimum atomic E-state index is 0. The molecule has 0 heterocycles. The summed E-state index contributed by atoms with van der Waals surface area (Å²) >= 11 is 3.71. The fraction of sp³-hybridized carbons (Fsp3) is 1.00. The van der Waals surface area contributed by atoms with Crippen molar-refractivity contribution in [2.75, 3.05) is 6.26 Å². The maximum atomic E-state index is 3.71. The minimum absolute atomic E-state index is 0. The van der Waals surface area contributed by atoms with Crippen LogP contribution in [0.25, 0.3) is 0 Å². The van der Waals surface area contributed by atoms with Crippen LogP contribution in [-0.4, -0.2) is 6.26 Å². The van der Waals surface area contributed by atoms with Crippen LogP contribution in [-0.2, 0) is 17.1 Å². The Balaban J connectivity index is 0. The van der Waals surface area contributed by atoms with E-state index >= 15 is 0 Å². The van der Waals surface area contributed by atoms with Gasteiger partial charge in [0.2, 0.25) is 0 Å². The Labute approximate surface area is 46.0 Å². The third-order valence-corrected chi connectivity index (χ3v) is 0. The molecule has 0 spiro atoms. The normalized spacial score (nSPS) is 4.50. The van der Waals surface area contributed by atoms with Crippen molar-refractivity contribution in [1.82, 2.24) is 0 Å². The molecular formula is CH4CuS2. The largest absolute Gasteiger partial charge is 0.112 e. The van der Waals surface area contributed by atoms with Gasteiger partial charge in [0.25, 0.3) is 0 Å². The molecule has 0 bridgehead atoms. The van der Waals surface area contributed by atoms with E-state index in [0.717, 1.165) is 0 Å². The SMILES string of the molecule is CSS.[Cu]. The fourth-order valence-corrected chi connectivity index (χ4v) is 0. The van der Waals surface area contributed by atoms with E-state index in [0.29, 0.717) is 0 Å². The minimum Gasteiger partial charge on any atom is -0.112 e. The number of rotatable bonds is 0. The van der Waals surface area contributed by atoms with Crippen LogP contribution in [0.3, 0.4) is 0 Å². The molecule has 0 atom stereocenters. The van der Waals surface area contributed by atoms with Crippen LogP contribution < -0.4 is 0 Å². The molecule has 0 rings (SSSR count). The summed E-state index contributed by atoms with van der Waals surface area (Å²) in [5.74, 6) is 0. The van der Waals surface area contributed by atoms with Crippen molar-refractivity contribution in [2.24, 2.45) is 0 Å². The Kier molecular flexibility index (Phi) is 19.9. The summed E-state index contributed by atoms with van der Waals surface area (Å²) in [6.45, 7) is 0. The maximum Gasteiger partial charge on any atom is 0 e. The predicted molar refractivity (Wildman–Crippen MR) is 22.5 cm³/mol. The summed E-state index contributed by atoms with van der Waals surface area (Å²) in [4.78, 5) is 0. The molecule has 4 heavy (non-hydrogen) atoms. The molecule has 0 aliphatic carbocycles. The molecule has 0 amide bonds. The van der Waals surface area contributed by atoms with Crippen LogP contribution in [0.2, 0.25) is 0 Å². The molecule has 0 nitrogen and oxygen atoms in total. The van der Waals surface area contributed by atoms with Gasteiger partial charge < -0.3 is 0 Å². The van der Waals surface area contributed by atoms with E-state index < -0.39 is 0 Å². The molecule has 0 aromatic heterocycles. The van der Waals surface area contributed by atoms with Gasteiger partial charge in [0, 0.05) is 17.1 Å². The molecule has 0 saturated heterocycles. The van der Waals surface area contributed by atoms with Crippen molar-refractivity contribution >= 4 is 22.5 Å². The molecule has 31 valence electrons. The zero-order valence-electron chi connectivity index (χ0n) is 2.16. The van der Waals surface area contributed by atoms with E-state index in [4.69, 9.17) is 0 Å². The number of hydrogen-bond acceptors (Lipinski definition) is 2. The first-order valence-corrected chi connectivity index (χ1v) is 2.87. The molecule has 0 aliphatic heterocycles. The monoisotopic (exact) mass is 143 g/mol. The van der Waals surface area contributed by atoms with Crippen LogP contribution >= 0.6 is 22.5 Å². The third kappa shape index (κ3) is 10.7. The van der Waals surface area contributed by atoms with Crippen molar-refractivity contribution < 1.29 is 17.1 Å². The Morgan fingerprint density at radius 1 is 1.75 bits per heavy atom. The quantitative estimate of drug-likeness (QED) is 0.302. The zero-order valence-corrected chi connectivity index (χ0v) is 4.81. The Morgan fingerprint density at radius 2 is 1.75 bits per heavy atom. The van der Waals surface area contributed by atoms with Gasteiger partial charge >= 0.3 is 0 Å². The molecule has 3 heteroatoms. The average molecular weight is 144 g/mol. The van der Waals surface area contributed by atoms with Gasteiger partial charge in [-0.1, -0.05) is 0 Å². The standard InChI is InChI=1S/CH4S2.Cu/c1-3-2;/h2H,1H3;. The molecule has 0 aromatic carbocycles. The van der Waals surface area contributed by atoms with Crippen molar-refractivity contribution in [2.45, 2.75) is 0 Å². The molecule has 0 N–H and O–H groups in total. The first kappa shape index (κ1) is 8.97. The van der Waals surface area contributed by atoms with Crippen molar-refractivity contribution in [3.63, 3.8) is 0 Å². The van der Waals surface area contributed by atoms with Gasteiger partial charge in [-0.05, 0) is 6.26 Å². The molecule has 0 unspecified atom stereocenters. The first-order chi connectivity index (χ1) is 1.41. The Bertz CT molecular complexity index is 6.00. The maximum absolute atomic E-state index is 3.71. The molecule has 0 aromatic rings. The summed E-state index contributed by atoms with van der Waals surface area (Å²) in [5, 5.41) is 0. The van der Waals surface area contributed by atoms with Gasteiger partial charge in [0.1, 0.15) is 0 Å². The number of thiol groups is 1. The van der Waals surface area contributed by atoms with E-state index in [2.05, 4.69) is 11.7 Å². The summed E-state index contributed by atoms with van der Waals surface area (Å²) in [5.41, 5.74) is 0. The van der Waals surface area contributed by atoms with Crippen LogP contribution in [0.15, 0.2) is 0 Å². The van der Waals surface area contributed by atoms with Gasteiger partial charge in [-0.3, -0.25) is 0 Å². The molecule has 0 fully saturated rings. The van der Waals surface area contributed by atoms with E-state index in [1.54, 1.807) is 0 Å². The summed E-state index contributed by atoms with van der Waals surface area (Å²) in [6, 6.07) is 0. The Hall–Kier alpha value is 1.22. The summed E-state index contributed by atoms with van der Waals surface area (Å²) in [6.07, 6.45) is 1.91. The van der Waals surface area contributed by atoms with Gasteiger partial charge in [-0.25, -0.2) is 0 Å². The van der Waals surface area contributed by atoms with E-state index in [-0.39, 0.29) is 17.1 Å². The smallest absolute Gasteiger partial charge is 0 e. The zero-order chi connectivity index (χ0) is 2.71. The van der Waals surface area contributed by atoms with Gasteiger partial charge in [0.05, 0.1) is 0 Å². The van der Waals surface area contributed by atoms with Gasteiger partial charge in [-0.2, -0.15) is 0 Å². The van der Waals surface area contributed by atoms with Crippen LogP contribution in [0, 0.1) is 0 Å². The fourth-order valence-electron chi connectivity index (χ4n) is 0. The number of hydrogen-bond donors (Lipinski definition) is 1. The van der Waals surface area contributed by atoms with Crippen LogP contribution in [0.5, 0.6) is 0 Å². The predicted octanol–water partition coefficient (Wildman–Crippen LogP) is 1.19. The first-order valence-electron chi connectivity index (χ1n) is 0.591. The summed E-state index contributed by atoms with van der Waals surface area (Å²) in [7, 11) is 1.44. The van der Waals surface area contributed by atoms with E-state index in [1.807, 2.05) is 6.26 Å². The topological polar surface area (TPSA) is 0 Å². The second kappa shape index (κ2) is 8.88. The van der Waals surface area contributed by atoms with E-state index in [1.165, 1.54) is 10.8 Å². The molecule has 0 aliphatic rings. The van der Waals surface area contributed by atoms with Crippen molar-refractivity contribution in [3.05, 3.63) is 0 Å². The third-order valence-electron chi connectivity index (χ3n) is 0. The Morgan fingerprint density at radius 3 is 1.75 bits per heavy atom. The van der Waals surface area contributed by atoms with Crippen molar-refractivity contribution in [1.29, 1.82) is 0 Å². The molecular weight excluding hydrogens is 140 g/mol.